The number of guanidine groups is 1. The molecule has 144 valence electrons. The second kappa shape index (κ2) is 9.71. The van der Waals surface area contributed by atoms with Gasteiger partial charge in [0.25, 0.3) is 0 Å². The summed E-state index contributed by atoms with van der Waals surface area (Å²) < 4.78 is 0. The van der Waals surface area contributed by atoms with E-state index < -0.39 is 0 Å². The maximum absolute atomic E-state index is 4.89. The van der Waals surface area contributed by atoms with Crippen LogP contribution in [0, 0.1) is 5.92 Å². The molecular formula is C19H33N7. The number of piperazine rings is 1. The van der Waals surface area contributed by atoms with Crippen molar-refractivity contribution in [3.05, 3.63) is 18.5 Å². The lowest BCUT2D eigenvalue weighted by molar-refractivity contribution is 0.257. The lowest BCUT2D eigenvalue weighted by atomic mass is 10.0. The summed E-state index contributed by atoms with van der Waals surface area (Å²) >= 11 is 0. The molecule has 26 heavy (non-hydrogen) atoms. The Balaban J connectivity index is 1.45. The normalized spacial score (nSPS) is 22.5. The van der Waals surface area contributed by atoms with E-state index in [0.717, 1.165) is 76.7 Å². The van der Waals surface area contributed by atoms with Crippen LogP contribution in [0.4, 0.5) is 5.95 Å². The Bertz CT molecular complexity index is 554. The smallest absolute Gasteiger partial charge is 0.225 e. The van der Waals surface area contributed by atoms with E-state index in [-0.39, 0.29) is 0 Å². The quantitative estimate of drug-likeness (QED) is 0.632. The molecule has 3 rings (SSSR count). The van der Waals surface area contributed by atoms with E-state index in [0.29, 0.717) is 0 Å². The van der Waals surface area contributed by atoms with Crippen molar-refractivity contribution in [1.29, 1.82) is 0 Å². The number of nitrogens with one attached hydrogen (secondary N) is 1. The van der Waals surface area contributed by atoms with Crippen LogP contribution in [-0.4, -0.2) is 84.6 Å². The average Bonchev–Trinajstić information content (AvgIpc) is 2.68. The molecule has 0 aromatic carbocycles. The van der Waals surface area contributed by atoms with Gasteiger partial charge in [-0.05, 0) is 31.7 Å². The van der Waals surface area contributed by atoms with Crippen molar-refractivity contribution in [3.8, 4) is 0 Å². The van der Waals surface area contributed by atoms with Crippen LogP contribution in [0.2, 0.25) is 0 Å². The van der Waals surface area contributed by atoms with Gasteiger partial charge in [-0.2, -0.15) is 0 Å². The molecule has 1 atom stereocenters. The van der Waals surface area contributed by atoms with E-state index >= 15 is 0 Å². The largest absolute Gasteiger partial charge is 0.357 e. The molecule has 1 aromatic rings. The number of anilines is 1. The molecule has 2 fully saturated rings. The topological polar surface area (TPSA) is 59.9 Å². The first-order valence-corrected chi connectivity index (χ1v) is 10.0. The zero-order valence-electron chi connectivity index (χ0n) is 16.3. The van der Waals surface area contributed by atoms with Crippen LogP contribution in [0.25, 0.3) is 0 Å². The number of nitrogens with zero attached hydrogens (tertiary/aromatic N) is 6. The molecule has 1 aromatic heterocycles. The third-order valence-electron chi connectivity index (χ3n) is 5.18. The van der Waals surface area contributed by atoms with E-state index in [1.807, 2.05) is 18.5 Å². The van der Waals surface area contributed by atoms with Gasteiger partial charge in [0.2, 0.25) is 5.95 Å². The molecular weight excluding hydrogens is 326 g/mol. The van der Waals surface area contributed by atoms with Gasteiger partial charge in [0.15, 0.2) is 5.96 Å². The van der Waals surface area contributed by atoms with Gasteiger partial charge < -0.3 is 15.1 Å². The third kappa shape index (κ3) is 5.30. The van der Waals surface area contributed by atoms with Gasteiger partial charge in [0, 0.05) is 64.8 Å². The van der Waals surface area contributed by atoms with Crippen LogP contribution in [0.1, 0.15) is 26.7 Å². The molecule has 0 spiro atoms. The first kappa shape index (κ1) is 18.9. The zero-order valence-corrected chi connectivity index (χ0v) is 16.3. The van der Waals surface area contributed by atoms with Crippen molar-refractivity contribution < 1.29 is 0 Å². The summed E-state index contributed by atoms with van der Waals surface area (Å²) in [6.45, 7) is 13.6. The zero-order chi connectivity index (χ0) is 18.2. The Labute approximate surface area is 157 Å². The van der Waals surface area contributed by atoms with Crippen LogP contribution in [0.15, 0.2) is 23.5 Å². The molecule has 0 saturated carbocycles. The Morgan fingerprint density at radius 1 is 1.19 bits per heavy atom. The van der Waals surface area contributed by atoms with Crippen molar-refractivity contribution in [2.24, 2.45) is 10.9 Å². The minimum absolute atomic E-state index is 0.765. The maximum Gasteiger partial charge on any atom is 0.225 e. The Morgan fingerprint density at radius 2 is 1.96 bits per heavy atom. The molecule has 0 amide bonds. The number of aromatic nitrogens is 2. The summed E-state index contributed by atoms with van der Waals surface area (Å²) in [6.07, 6.45) is 6.24. The fourth-order valence-corrected chi connectivity index (χ4v) is 3.73. The van der Waals surface area contributed by atoms with E-state index in [1.54, 1.807) is 0 Å². The average molecular weight is 360 g/mol. The Hall–Kier alpha value is -1.89. The molecule has 2 saturated heterocycles. The number of hydrogen-bond acceptors (Lipinski definition) is 5. The van der Waals surface area contributed by atoms with Crippen molar-refractivity contribution in [1.82, 2.24) is 25.1 Å². The lowest BCUT2D eigenvalue weighted by Crippen LogP contribution is -2.48. The maximum atomic E-state index is 4.89. The lowest BCUT2D eigenvalue weighted by Gasteiger charge is -2.35. The van der Waals surface area contributed by atoms with Crippen LogP contribution in [0.3, 0.4) is 0 Å². The van der Waals surface area contributed by atoms with Gasteiger partial charge in [-0.1, -0.05) is 6.92 Å². The predicted molar refractivity (Wildman–Crippen MR) is 107 cm³/mol. The second-order valence-corrected chi connectivity index (χ2v) is 7.31. The molecule has 7 nitrogen and oxygen atoms in total. The van der Waals surface area contributed by atoms with Gasteiger partial charge in [-0.3, -0.25) is 9.89 Å². The van der Waals surface area contributed by atoms with Crippen LogP contribution >= 0.6 is 0 Å². The highest BCUT2D eigenvalue weighted by molar-refractivity contribution is 5.80. The number of rotatable bonds is 5. The predicted octanol–water partition coefficient (Wildman–Crippen LogP) is 1.30. The van der Waals surface area contributed by atoms with Gasteiger partial charge >= 0.3 is 0 Å². The Kier molecular flexibility index (Phi) is 7.05. The second-order valence-electron chi connectivity index (χ2n) is 7.31. The standard InChI is InChI=1S/C19H33N7/c1-3-20-18(26-10-4-6-17(2)16-26)23-9-11-24-12-14-25(15-13-24)19-21-7-5-8-22-19/h5,7-8,17H,3-4,6,9-16H2,1-2H3,(H,20,23). The minimum atomic E-state index is 0.765. The number of hydrogen-bond donors (Lipinski definition) is 1. The fraction of sp³-hybridized carbons (Fsp3) is 0.737. The van der Waals surface area contributed by atoms with Crippen molar-refractivity contribution in [3.63, 3.8) is 0 Å². The van der Waals surface area contributed by atoms with Crippen molar-refractivity contribution in [2.75, 3.05) is 63.8 Å². The summed E-state index contributed by atoms with van der Waals surface area (Å²) in [7, 11) is 0. The summed E-state index contributed by atoms with van der Waals surface area (Å²) in [6, 6.07) is 1.86. The minimum Gasteiger partial charge on any atom is -0.357 e. The molecule has 1 N–H and O–H groups in total. The van der Waals surface area contributed by atoms with E-state index in [4.69, 9.17) is 4.99 Å². The van der Waals surface area contributed by atoms with Gasteiger partial charge in [0.1, 0.15) is 0 Å². The highest BCUT2D eigenvalue weighted by atomic mass is 15.3. The first-order chi connectivity index (χ1) is 12.8. The van der Waals surface area contributed by atoms with Crippen LogP contribution < -0.4 is 10.2 Å². The monoisotopic (exact) mass is 359 g/mol. The van der Waals surface area contributed by atoms with Gasteiger partial charge in [0.05, 0.1) is 6.54 Å². The summed E-state index contributed by atoms with van der Waals surface area (Å²) in [5.41, 5.74) is 0. The molecule has 1 unspecified atom stereocenters. The van der Waals surface area contributed by atoms with E-state index in [9.17, 15) is 0 Å². The molecule has 3 heterocycles. The first-order valence-electron chi connectivity index (χ1n) is 10.0. The molecule has 0 radical (unpaired) electrons. The molecule has 2 aliphatic heterocycles. The summed E-state index contributed by atoms with van der Waals surface area (Å²) in [5, 5.41) is 3.47. The summed E-state index contributed by atoms with van der Waals surface area (Å²) in [4.78, 5) is 20.8. The third-order valence-corrected chi connectivity index (χ3v) is 5.18. The van der Waals surface area contributed by atoms with Crippen molar-refractivity contribution in [2.45, 2.75) is 26.7 Å². The molecule has 0 bridgehead atoms. The van der Waals surface area contributed by atoms with Gasteiger partial charge in [-0.15, -0.1) is 0 Å². The van der Waals surface area contributed by atoms with Crippen LogP contribution in [0.5, 0.6) is 0 Å². The van der Waals surface area contributed by atoms with Crippen LogP contribution in [-0.2, 0) is 0 Å². The number of aliphatic imine (C=N–C) groups is 1. The fourth-order valence-electron chi connectivity index (χ4n) is 3.73. The summed E-state index contributed by atoms with van der Waals surface area (Å²) in [5.74, 6) is 2.70. The van der Waals surface area contributed by atoms with E-state index in [2.05, 4.69) is 43.8 Å². The number of piperidine rings is 1. The SMILES string of the molecule is CCNC(=NCCN1CCN(c2ncccn2)CC1)N1CCCC(C)C1. The van der Waals surface area contributed by atoms with E-state index in [1.165, 1.54) is 12.8 Å². The molecule has 2 aliphatic rings. The molecule has 0 aliphatic carbocycles. The highest BCUT2D eigenvalue weighted by Crippen LogP contribution is 2.15. The van der Waals surface area contributed by atoms with Gasteiger partial charge in [-0.25, -0.2) is 9.97 Å². The molecule has 7 heteroatoms. The van der Waals surface area contributed by atoms with Crippen molar-refractivity contribution >= 4 is 11.9 Å². The highest BCUT2D eigenvalue weighted by Gasteiger charge is 2.20. The number of likely N-dealkylation sites (tertiary alicyclic amines) is 1. The Morgan fingerprint density at radius 3 is 2.65 bits per heavy atom.